The fourth-order valence-corrected chi connectivity index (χ4v) is 3.45. The number of hydrogen-bond acceptors (Lipinski definition) is 4. The molecule has 0 fully saturated rings. The molecular weight excluding hydrogens is 378 g/mol. The molecule has 5 nitrogen and oxygen atoms in total. The van der Waals surface area contributed by atoms with E-state index in [0.29, 0.717) is 22.4 Å². The van der Waals surface area contributed by atoms with Crippen molar-refractivity contribution in [2.24, 2.45) is 7.05 Å². The Morgan fingerprint density at radius 1 is 1.00 bits per heavy atom. The molecule has 0 aliphatic rings. The number of allylic oxidation sites excluding steroid dienone is 1. The number of benzene rings is 2. The van der Waals surface area contributed by atoms with Gasteiger partial charge in [-0.2, -0.15) is 0 Å². The first kappa shape index (κ1) is 21.6. The summed E-state index contributed by atoms with van der Waals surface area (Å²) in [5.41, 5.74) is 3.52. The SMILES string of the molecule is Cn1c(=O)oc2cc(C(=O)C=Cc3cc(C(C)(C)C)c(O)c(C(C)(C)C)c3)ccc21. The summed E-state index contributed by atoms with van der Waals surface area (Å²) in [6.45, 7) is 12.3. The van der Waals surface area contributed by atoms with Crippen LogP contribution < -0.4 is 5.76 Å². The van der Waals surface area contributed by atoms with Crippen LogP contribution in [0.15, 0.2) is 45.6 Å². The van der Waals surface area contributed by atoms with E-state index in [-0.39, 0.29) is 16.6 Å². The molecule has 0 saturated heterocycles. The number of fused-ring (bicyclic) bond motifs is 1. The van der Waals surface area contributed by atoms with E-state index in [1.54, 1.807) is 31.3 Å². The Hall–Kier alpha value is -3.08. The average molecular weight is 408 g/mol. The molecule has 0 spiro atoms. The van der Waals surface area contributed by atoms with Gasteiger partial charge in [0.1, 0.15) is 5.75 Å². The van der Waals surface area contributed by atoms with Crippen LogP contribution in [-0.4, -0.2) is 15.5 Å². The van der Waals surface area contributed by atoms with Gasteiger partial charge in [0.05, 0.1) is 5.52 Å². The maximum atomic E-state index is 12.7. The fourth-order valence-electron chi connectivity index (χ4n) is 3.45. The van der Waals surface area contributed by atoms with E-state index < -0.39 is 5.76 Å². The van der Waals surface area contributed by atoms with Crippen LogP contribution in [0, 0.1) is 0 Å². The van der Waals surface area contributed by atoms with Crippen molar-refractivity contribution in [3.05, 3.63) is 69.2 Å². The summed E-state index contributed by atoms with van der Waals surface area (Å²) in [6.07, 6.45) is 3.27. The van der Waals surface area contributed by atoms with Crippen molar-refractivity contribution in [3.63, 3.8) is 0 Å². The van der Waals surface area contributed by atoms with Crippen LogP contribution in [-0.2, 0) is 17.9 Å². The Morgan fingerprint density at radius 3 is 2.10 bits per heavy atom. The highest BCUT2D eigenvalue weighted by molar-refractivity contribution is 6.08. The van der Waals surface area contributed by atoms with Crippen LogP contribution in [0.1, 0.15) is 68.6 Å². The smallest absolute Gasteiger partial charge is 0.419 e. The monoisotopic (exact) mass is 407 g/mol. The van der Waals surface area contributed by atoms with Gasteiger partial charge in [-0.25, -0.2) is 4.79 Å². The second kappa shape index (κ2) is 7.31. The van der Waals surface area contributed by atoms with Crippen LogP contribution in [0.3, 0.4) is 0 Å². The Morgan fingerprint density at radius 2 is 1.57 bits per heavy atom. The highest BCUT2D eigenvalue weighted by atomic mass is 16.4. The van der Waals surface area contributed by atoms with E-state index in [1.807, 2.05) is 12.1 Å². The number of phenolic OH excluding ortho intramolecular Hbond substituents is 1. The number of nitrogens with zero attached hydrogens (tertiary/aromatic N) is 1. The van der Waals surface area contributed by atoms with Gasteiger partial charge in [-0.1, -0.05) is 47.6 Å². The van der Waals surface area contributed by atoms with Crippen LogP contribution in [0.2, 0.25) is 0 Å². The summed E-state index contributed by atoms with van der Waals surface area (Å²) in [4.78, 5) is 24.4. The summed E-state index contributed by atoms with van der Waals surface area (Å²) in [7, 11) is 1.62. The number of aryl methyl sites for hydroxylation is 1. The molecule has 0 saturated carbocycles. The van der Waals surface area contributed by atoms with Crippen molar-refractivity contribution in [2.45, 2.75) is 52.4 Å². The van der Waals surface area contributed by atoms with Gasteiger partial charge >= 0.3 is 5.76 Å². The van der Waals surface area contributed by atoms with E-state index in [2.05, 4.69) is 41.5 Å². The van der Waals surface area contributed by atoms with E-state index in [0.717, 1.165) is 16.7 Å². The summed E-state index contributed by atoms with van der Waals surface area (Å²) in [6, 6.07) is 8.82. The first-order valence-electron chi connectivity index (χ1n) is 9.99. The molecule has 5 heteroatoms. The molecule has 0 bridgehead atoms. The minimum absolute atomic E-state index is 0.189. The fraction of sp³-hybridized carbons (Fsp3) is 0.360. The lowest BCUT2D eigenvalue weighted by Crippen LogP contribution is -2.17. The second-order valence-electron chi connectivity index (χ2n) is 9.77. The zero-order chi connectivity index (χ0) is 22.4. The maximum absolute atomic E-state index is 12.7. The summed E-state index contributed by atoms with van der Waals surface area (Å²) in [5, 5.41) is 10.8. The van der Waals surface area contributed by atoms with Crippen LogP contribution >= 0.6 is 0 Å². The van der Waals surface area contributed by atoms with E-state index >= 15 is 0 Å². The topological polar surface area (TPSA) is 72.4 Å². The molecule has 0 amide bonds. The van der Waals surface area contributed by atoms with Crippen LogP contribution in [0.5, 0.6) is 5.75 Å². The predicted octanol–water partition coefficient (Wildman–Crippen LogP) is 5.33. The summed E-state index contributed by atoms with van der Waals surface area (Å²) >= 11 is 0. The van der Waals surface area contributed by atoms with Crippen molar-refractivity contribution >= 4 is 23.0 Å². The molecular formula is C25H29NO4. The highest BCUT2D eigenvalue weighted by Gasteiger charge is 2.26. The molecule has 0 radical (unpaired) electrons. The number of carbonyl (C=O) groups excluding carboxylic acids is 1. The zero-order valence-corrected chi connectivity index (χ0v) is 18.7. The first-order chi connectivity index (χ1) is 13.8. The minimum Gasteiger partial charge on any atom is -0.507 e. The molecule has 0 aliphatic carbocycles. The van der Waals surface area contributed by atoms with Crippen LogP contribution in [0.25, 0.3) is 17.2 Å². The molecule has 3 rings (SSSR count). The molecule has 0 aliphatic heterocycles. The molecule has 1 aromatic heterocycles. The lowest BCUT2D eigenvalue weighted by Gasteiger charge is -2.27. The number of oxazole rings is 1. The minimum atomic E-state index is -0.460. The van der Waals surface area contributed by atoms with Gasteiger partial charge in [-0.3, -0.25) is 9.36 Å². The van der Waals surface area contributed by atoms with Crippen molar-refractivity contribution in [1.29, 1.82) is 0 Å². The predicted molar refractivity (Wildman–Crippen MR) is 120 cm³/mol. The number of aromatic hydroxyl groups is 1. The van der Waals surface area contributed by atoms with Gasteiger partial charge in [0.15, 0.2) is 11.4 Å². The second-order valence-corrected chi connectivity index (χ2v) is 9.77. The Balaban J connectivity index is 2.00. The zero-order valence-electron chi connectivity index (χ0n) is 18.7. The van der Waals surface area contributed by atoms with E-state index in [4.69, 9.17) is 4.42 Å². The third kappa shape index (κ3) is 4.11. The number of phenols is 1. The van der Waals surface area contributed by atoms with Crippen molar-refractivity contribution in [3.8, 4) is 5.75 Å². The van der Waals surface area contributed by atoms with Crippen molar-refractivity contribution in [1.82, 2.24) is 4.57 Å². The molecule has 158 valence electrons. The normalized spacial score (nSPS) is 12.8. The number of aromatic nitrogens is 1. The van der Waals surface area contributed by atoms with Gasteiger partial charge in [0, 0.05) is 23.7 Å². The van der Waals surface area contributed by atoms with Gasteiger partial charge in [-0.15, -0.1) is 0 Å². The number of ketones is 1. The van der Waals surface area contributed by atoms with Gasteiger partial charge in [0.2, 0.25) is 0 Å². The maximum Gasteiger partial charge on any atom is 0.419 e. The Labute approximate surface area is 176 Å². The third-order valence-electron chi connectivity index (χ3n) is 5.25. The quantitative estimate of drug-likeness (QED) is 0.471. The van der Waals surface area contributed by atoms with E-state index in [1.165, 1.54) is 10.6 Å². The highest BCUT2D eigenvalue weighted by Crippen LogP contribution is 2.40. The number of rotatable bonds is 3. The van der Waals surface area contributed by atoms with Gasteiger partial charge in [0.25, 0.3) is 0 Å². The van der Waals surface area contributed by atoms with Gasteiger partial charge < -0.3 is 9.52 Å². The van der Waals surface area contributed by atoms with Crippen molar-refractivity contribution < 1.29 is 14.3 Å². The molecule has 0 unspecified atom stereocenters. The summed E-state index contributed by atoms with van der Waals surface area (Å²) in [5.74, 6) is -0.340. The van der Waals surface area contributed by atoms with Crippen molar-refractivity contribution in [2.75, 3.05) is 0 Å². The molecule has 30 heavy (non-hydrogen) atoms. The largest absolute Gasteiger partial charge is 0.507 e. The number of carbonyl (C=O) groups is 1. The first-order valence-corrected chi connectivity index (χ1v) is 9.99. The Bertz CT molecular complexity index is 1180. The standard InChI is InChI=1S/C25H29NO4/c1-24(2,3)17-12-15(13-18(22(17)28)25(4,5)6)8-11-20(27)16-9-10-19-21(14-16)30-23(29)26(19)7/h8-14,28H,1-7H3. The third-order valence-corrected chi connectivity index (χ3v) is 5.25. The number of hydrogen-bond donors (Lipinski definition) is 1. The van der Waals surface area contributed by atoms with E-state index in [9.17, 15) is 14.7 Å². The molecule has 2 aromatic carbocycles. The Kier molecular flexibility index (Phi) is 5.27. The molecule has 3 aromatic rings. The van der Waals surface area contributed by atoms with Crippen LogP contribution in [0.4, 0.5) is 0 Å². The summed E-state index contributed by atoms with van der Waals surface area (Å²) < 4.78 is 6.58. The molecule has 1 heterocycles. The molecule has 1 N–H and O–H groups in total. The molecule has 0 atom stereocenters. The van der Waals surface area contributed by atoms with Gasteiger partial charge in [-0.05, 0) is 52.8 Å². The average Bonchev–Trinajstić information content (AvgIpc) is 2.92. The lowest BCUT2D eigenvalue weighted by atomic mass is 9.78. The lowest BCUT2D eigenvalue weighted by molar-refractivity contribution is 0.104.